The standard InChI is InChI=1S/C76H107N19O20S6/c1-35(2)20-49-65(104)81-29-58(97)84-48(18-19-59(98)99)66(105)88-50(21-36(3)4)71(110)94-61(37(5)6)74(113)90-52(23-41-27-80-47-17-13-11-15-44(41)47)68(107)92-56-32-119-118-31-55(91-70(109)54(25-60(100)101)86-64(103)45(77)30-117-120-33-57(76(115)121(9)116)93-75(114)62(39(8)96)95-73(56)112)72(111)83-38(7)63(102)85-51(22-40-26-79-46-16-12-10-14-43(40)46)67(106)89-53(69(108)87-49)24-42-28-78-34-82-42/h10-17,26-28,34-39,45,48-57,61-62,79-80,96,116,121H,18-25,29-33,77H2,1-9H3,(H,78,82)(H,81,104)(H,83,111)(H,84,97)(H,85,102)(H,86,103)(H,87,108)(H,88,105)(H,89,106)(H,90,113)(H,91,109)(H,92,107)(H,93,114)(H,94,110)(H,95,112)(H,98,99)(H,100,101)/t38-,39+,45-,48-,49-,50-,51-,52-,53-,54-,55-,56-,57-,61-,62?/m0/s1. The highest BCUT2D eigenvalue weighted by Crippen LogP contribution is 2.32. The van der Waals surface area contributed by atoms with E-state index >= 15 is 19.2 Å². The summed E-state index contributed by atoms with van der Waals surface area (Å²) in [6.07, 6.45) is 2.17. The van der Waals surface area contributed by atoms with Crippen LogP contribution in [0.15, 0.2) is 73.4 Å². The Morgan fingerprint density at radius 2 is 0.950 bits per heavy atom. The van der Waals surface area contributed by atoms with E-state index in [2.05, 4.69) is 106 Å². The summed E-state index contributed by atoms with van der Waals surface area (Å²) in [4.78, 5) is 257. The van der Waals surface area contributed by atoms with E-state index in [1.165, 1.54) is 25.7 Å². The quantitative estimate of drug-likeness (QED) is 0.0348. The number of H-pyrrole nitrogens is 3. The van der Waals surface area contributed by atoms with Gasteiger partial charge in [0.2, 0.25) is 87.8 Å². The molecule has 2 aliphatic heterocycles. The number of hydrogen-bond donors (Lipinski definition) is 23. The van der Waals surface area contributed by atoms with Gasteiger partial charge in [0.15, 0.2) is 0 Å². The zero-order valence-electron chi connectivity index (χ0n) is 67.8. The number of aliphatic hydroxyl groups excluding tert-OH is 1. The third-order valence-electron chi connectivity index (χ3n) is 19.2. The Morgan fingerprint density at radius 3 is 1.47 bits per heavy atom. The number of carbonyl (C=O) groups is 17. The van der Waals surface area contributed by atoms with Crippen molar-refractivity contribution < 1.29 is 96.8 Å². The molecule has 662 valence electrons. The first-order valence-electron chi connectivity index (χ1n) is 38.9. The topological polar surface area (TPSA) is 606 Å². The first-order chi connectivity index (χ1) is 57.3. The van der Waals surface area contributed by atoms with Crippen molar-refractivity contribution in [2.45, 2.75) is 197 Å². The largest absolute Gasteiger partial charge is 0.481 e. The number of aliphatic carboxylic acids is 2. The van der Waals surface area contributed by atoms with Crippen LogP contribution >= 0.6 is 64.8 Å². The Labute approximate surface area is 720 Å². The van der Waals surface area contributed by atoms with Gasteiger partial charge in [0.25, 0.3) is 0 Å². The summed E-state index contributed by atoms with van der Waals surface area (Å²) in [6, 6.07) is -9.14. The van der Waals surface area contributed by atoms with Gasteiger partial charge in [-0.2, -0.15) is 0 Å². The zero-order valence-corrected chi connectivity index (χ0v) is 72.9. The van der Waals surface area contributed by atoms with Gasteiger partial charge in [0.05, 0.1) is 37.1 Å². The molecule has 22 N–H and O–H groups in total. The zero-order chi connectivity index (χ0) is 89.1. The molecule has 0 aliphatic carbocycles. The predicted octanol–water partition coefficient (Wildman–Crippen LogP) is -1.57. The second kappa shape index (κ2) is 47.4. The van der Waals surface area contributed by atoms with Gasteiger partial charge in [0, 0.05) is 89.1 Å². The maximum absolute atomic E-state index is 15.5. The van der Waals surface area contributed by atoms with Gasteiger partial charge in [0.1, 0.15) is 78.5 Å². The Kier molecular flexibility index (Phi) is 38.4. The summed E-state index contributed by atoms with van der Waals surface area (Å²) < 4.78 is 0. The van der Waals surface area contributed by atoms with Crippen LogP contribution in [-0.2, 0) is 101 Å². The number of carbonyl (C=O) groups excluding carboxylic acids is 15. The molecule has 0 spiro atoms. The third kappa shape index (κ3) is 30.5. The van der Waals surface area contributed by atoms with Crippen molar-refractivity contribution in [2.75, 3.05) is 35.8 Å². The fourth-order valence-corrected chi connectivity index (χ4v) is 18.5. The molecule has 45 heteroatoms. The van der Waals surface area contributed by atoms with Crippen LogP contribution in [-0.4, -0.2) is 262 Å². The molecule has 121 heavy (non-hydrogen) atoms. The Balaban J connectivity index is 1.36. The number of benzene rings is 2. The number of aliphatic hydroxyl groups is 1. The molecule has 2 aromatic carbocycles. The highest BCUT2D eigenvalue weighted by molar-refractivity contribution is 8.84. The Morgan fingerprint density at radius 1 is 0.496 bits per heavy atom. The van der Waals surface area contributed by atoms with E-state index in [4.69, 9.17) is 5.73 Å². The van der Waals surface area contributed by atoms with Crippen LogP contribution in [0.1, 0.15) is 104 Å². The normalized spacial score (nSPS) is 26.0. The number of amides is 14. The molecule has 7 rings (SSSR count). The van der Waals surface area contributed by atoms with E-state index in [1.807, 2.05) is 0 Å². The van der Waals surface area contributed by atoms with Crippen LogP contribution in [0.4, 0.5) is 0 Å². The van der Waals surface area contributed by atoms with Gasteiger partial charge in [-0.15, -0.1) is 21.6 Å². The smallest absolute Gasteiger partial charge is 0.305 e. The lowest BCUT2D eigenvalue weighted by atomic mass is 9.98. The predicted molar refractivity (Wildman–Crippen MR) is 461 cm³/mol. The van der Waals surface area contributed by atoms with Crippen LogP contribution in [0.25, 0.3) is 21.8 Å². The van der Waals surface area contributed by atoms with E-state index in [-0.39, 0.29) is 61.1 Å². The van der Waals surface area contributed by atoms with Crippen molar-refractivity contribution >= 4 is 186 Å². The molecule has 14 amide bonds. The average molecular weight is 1800 g/mol. The van der Waals surface area contributed by atoms with E-state index < -0.39 is 244 Å². The van der Waals surface area contributed by atoms with E-state index in [9.17, 15) is 77.6 Å². The second-order valence-electron chi connectivity index (χ2n) is 30.4. The Bertz CT molecular complexity index is 4530. The summed E-state index contributed by atoms with van der Waals surface area (Å²) >= 11 is 4.35. The number of aromatic nitrogens is 4. The minimum atomic E-state index is -1.95. The first-order valence-corrected chi connectivity index (χ1v) is 46.8. The number of aromatic amines is 3. The van der Waals surface area contributed by atoms with Gasteiger partial charge in [-0.1, -0.05) is 121 Å². The monoisotopic (exact) mass is 1800 g/mol. The first kappa shape index (κ1) is 98.1. The summed E-state index contributed by atoms with van der Waals surface area (Å²) in [5.74, 6) is -20.8. The minimum absolute atomic E-state index is 0.0687. The number of hydrogen-bond acceptors (Lipinski definition) is 25. The van der Waals surface area contributed by atoms with Crippen molar-refractivity contribution in [3.8, 4) is 0 Å². The maximum Gasteiger partial charge on any atom is 0.305 e. The molecular formula is C76H107N19O20S6. The van der Waals surface area contributed by atoms with Crippen LogP contribution in [0, 0.1) is 17.8 Å². The Hall–Kier alpha value is -10.1. The number of para-hydroxylation sites is 2. The van der Waals surface area contributed by atoms with Crippen LogP contribution in [0.3, 0.4) is 0 Å². The van der Waals surface area contributed by atoms with E-state index in [1.54, 1.807) is 102 Å². The molecule has 2 bridgehead atoms. The molecule has 2 unspecified atom stereocenters. The molecule has 0 saturated carbocycles. The fourth-order valence-electron chi connectivity index (χ4n) is 12.7. The third-order valence-corrected chi connectivity index (χ3v) is 25.6. The minimum Gasteiger partial charge on any atom is -0.481 e. The van der Waals surface area contributed by atoms with Gasteiger partial charge in [-0.05, 0) is 80.4 Å². The van der Waals surface area contributed by atoms with Crippen molar-refractivity contribution in [3.63, 3.8) is 0 Å². The summed E-state index contributed by atoms with van der Waals surface area (Å²) in [7, 11) is 1.66. The summed E-state index contributed by atoms with van der Waals surface area (Å²) in [6.45, 7) is 11.5. The van der Waals surface area contributed by atoms with Crippen molar-refractivity contribution in [3.05, 3.63) is 90.3 Å². The van der Waals surface area contributed by atoms with Gasteiger partial charge in [-0.3, -0.25) is 81.5 Å². The number of carboxylic acid groups (broad SMARTS) is 2. The van der Waals surface area contributed by atoms with Gasteiger partial charge in [-0.25, -0.2) is 4.98 Å². The van der Waals surface area contributed by atoms with Crippen molar-refractivity contribution in [2.24, 2.45) is 23.5 Å². The number of fused-ring (bicyclic) bond motifs is 7. The fraction of sp³-hybridized carbons (Fsp3) is 0.526. The maximum atomic E-state index is 15.5. The van der Waals surface area contributed by atoms with Gasteiger partial charge >= 0.3 is 11.9 Å². The average Bonchev–Trinajstić information content (AvgIpc) is 1.69. The number of rotatable bonds is 18. The molecule has 2 aliphatic rings. The van der Waals surface area contributed by atoms with Crippen LogP contribution < -0.4 is 80.2 Å². The molecule has 0 radical (unpaired) electrons. The number of nitrogens with one attached hydrogen (secondary N) is 17. The molecule has 5 aromatic rings. The summed E-state index contributed by atoms with van der Waals surface area (Å²) in [5, 5.41) is 67.8. The molecule has 3 aromatic heterocycles. The van der Waals surface area contributed by atoms with E-state index in [0.29, 0.717) is 32.9 Å². The van der Waals surface area contributed by atoms with Crippen LogP contribution in [0.5, 0.6) is 0 Å². The molecule has 2 saturated heterocycles. The number of nitrogens with zero attached hydrogens (tertiary/aromatic N) is 1. The lowest BCUT2D eigenvalue weighted by Crippen LogP contribution is -2.62. The summed E-state index contributed by atoms with van der Waals surface area (Å²) in [5.41, 5.74) is 8.66. The van der Waals surface area contributed by atoms with Crippen molar-refractivity contribution in [1.29, 1.82) is 0 Å². The molecular weight excluding hydrogens is 1690 g/mol. The molecule has 39 nitrogen and oxygen atoms in total. The number of carboxylic acids is 2. The lowest BCUT2D eigenvalue weighted by molar-refractivity contribution is -0.141. The number of imidazole rings is 1. The SMILES string of the molecule is CC(C)C[C@@H]1NC(=O)[C@H](Cc2c[nH]cn2)NC(=O)[C@H](Cc2c[nH]c3ccccc23)NC(=O)[C@H](C)NC(=O)[C@@H]2CSSC[C@H](NC(=O)[C@H](Cc3c[nH]c4ccccc34)NC(=O)[C@H](C(C)C)NC(=O)[C@H](CC(C)C)NC(=O)[C@H](CCC(=O)O)NC(=O)CNC1=O)C(=O)NC([C@@H](C)O)C(=O)N[C@H](C(=O)[SH](C)S)CSSC[C@H](N)C(=O)N[C@@H](CC(=O)O)C(=O)N2. The highest BCUT2D eigenvalue weighted by atomic mass is 33.1. The van der Waals surface area contributed by atoms with Crippen molar-refractivity contribution in [1.82, 2.24) is 94.4 Å². The highest BCUT2D eigenvalue weighted by Gasteiger charge is 2.40. The second-order valence-corrected chi connectivity index (χ2v) is 38.8. The van der Waals surface area contributed by atoms with Crippen LogP contribution in [0.2, 0.25) is 0 Å². The molecule has 5 heterocycles. The number of nitrogens with two attached hydrogens (primary N) is 1. The van der Waals surface area contributed by atoms with E-state index in [0.717, 1.165) is 50.1 Å². The molecule has 16 atom stereocenters. The molecule has 2 fully saturated rings. The van der Waals surface area contributed by atoms with Gasteiger partial charge < -0.3 is 110 Å². The lowest BCUT2D eigenvalue weighted by Gasteiger charge is -2.30. The number of thiol groups is 2.